The molecule has 0 aliphatic heterocycles. The molecule has 0 fully saturated rings. The van der Waals surface area contributed by atoms with Crippen LogP contribution in [-0.2, 0) is 9.53 Å². The highest BCUT2D eigenvalue weighted by Crippen LogP contribution is 2.21. The molecule has 0 spiro atoms. The fourth-order valence-corrected chi connectivity index (χ4v) is 1.78. The molecule has 2 aromatic rings. The molecule has 0 saturated heterocycles. The van der Waals surface area contributed by atoms with Gasteiger partial charge in [-0.2, -0.15) is 0 Å². The summed E-state index contributed by atoms with van der Waals surface area (Å²) >= 11 is 0. The molecule has 0 saturated carbocycles. The first-order valence-electron chi connectivity index (χ1n) is 6.06. The van der Waals surface area contributed by atoms with Gasteiger partial charge in [0.15, 0.2) is 0 Å². The predicted octanol–water partition coefficient (Wildman–Crippen LogP) is 3.17. The van der Waals surface area contributed by atoms with E-state index in [1.807, 2.05) is 36.4 Å². The van der Waals surface area contributed by atoms with Gasteiger partial charge in [-0.05, 0) is 17.7 Å². The molecule has 2 aromatic carbocycles. The molecule has 1 atom stereocenters. The smallest absolute Gasteiger partial charge is 0.338 e. The van der Waals surface area contributed by atoms with E-state index in [0.29, 0.717) is 5.56 Å². The molecule has 96 valence electrons. The van der Waals surface area contributed by atoms with E-state index in [4.69, 9.17) is 4.74 Å². The van der Waals surface area contributed by atoms with E-state index in [-0.39, 0.29) is 6.42 Å². The van der Waals surface area contributed by atoms with Crippen LogP contribution >= 0.6 is 0 Å². The lowest BCUT2D eigenvalue weighted by Gasteiger charge is -2.16. The van der Waals surface area contributed by atoms with Gasteiger partial charge in [-0.3, -0.25) is 0 Å². The molecule has 19 heavy (non-hydrogen) atoms. The van der Waals surface area contributed by atoms with Gasteiger partial charge >= 0.3 is 5.97 Å². The highest BCUT2D eigenvalue weighted by molar-refractivity contribution is 5.89. The number of rotatable bonds is 5. The van der Waals surface area contributed by atoms with Gasteiger partial charge in [-0.15, -0.1) is 0 Å². The van der Waals surface area contributed by atoms with Gasteiger partial charge in [0.1, 0.15) is 12.4 Å². The molecule has 2 rings (SSSR count). The lowest BCUT2D eigenvalue weighted by atomic mass is 10.1. The van der Waals surface area contributed by atoms with Crippen molar-refractivity contribution in [3.05, 3.63) is 71.8 Å². The largest absolute Gasteiger partial charge is 0.453 e. The standard InChI is InChI=1S/C16H14O3/c17-12-11-15(13-7-3-1-4-8-13)19-16(18)14-9-5-2-6-10-14/h1-10,12,15H,11H2. The Hall–Kier alpha value is -2.42. The number of carbonyl (C=O) groups excluding carboxylic acids is 2. The van der Waals surface area contributed by atoms with Crippen LogP contribution in [0.3, 0.4) is 0 Å². The van der Waals surface area contributed by atoms with Crippen LogP contribution < -0.4 is 0 Å². The van der Waals surface area contributed by atoms with Crippen LogP contribution in [0.25, 0.3) is 0 Å². The Kier molecular flexibility index (Phi) is 4.45. The summed E-state index contributed by atoms with van der Waals surface area (Å²) in [6.45, 7) is 0. The van der Waals surface area contributed by atoms with Crippen LogP contribution in [-0.4, -0.2) is 12.3 Å². The van der Waals surface area contributed by atoms with E-state index >= 15 is 0 Å². The van der Waals surface area contributed by atoms with Crippen LogP contribution in [0, 0.1) is 0 Å². The quantitative estimate of drug-likeness (QED) is 0.608. The predicted molar refractivity (Wildman–Crippen MR) is 71.7 cm³/mol. The SMILES string of the molecule is O=CCC(OC(=O)c1ccccc1)c1ccccc1. The van der Waals surface area contributed by atoms with Gasteiger partial charge in [0, 0.05) is 6.42 Å². The number of esters is 1. The number of benzene rings is 2. The first-order chi connectivity index (χ1) is 9.31. The Morgan fingerprint density at radius 1 is 1.00 bits per heavy atom. The van der Waals surface area contributed by atoms with Crippen LogP contribution in [0.5, 0.6) is 0 Å². The second kappa shape index (κ2) is 6.50. The van der Waals surface area contributed by atoms with Crippen molar-refractivity contribution in [3.63, 3.8) is 0 Å². The zero-order valence-corrected chi connectivity index (χ0v) is 10.4. The second-order valence-electron chi connectivity index (χ2n) is 4.07. The van der Waals surface area contributed by atoms with Crippen molar-refractivity contribution >= 4 is 12.3 Å². The van der Waals surface area contributed by atoms with E-state index < -0.39 is 12.1 Å². The summed E-state index contributed by atoms with van der Waals surface area (Å²) in [6.07, 6.45) is 0.379. The van der Waals surface area contributed by atoms with E-state index in [1.165, 1.54) is 0 Å². The zero-order valence-electron chi connectivity index (χ0n) is 10.4. The lowest BCUT2D eigenvalue weighted by Crippen LogP contribution is -2.12. The van der Waals surface area contributed by atoms with Crippen LogP contribution in [0.4, 0.5) is 0 Å². The first-order valence-corrected chi connectivity index (χ1v) is 6.06. The highest BCUT2D eigenvalue weighted by Gasteiger charge is 2.17. The van der Waals surface area contributed by atoms with E-state index in [9.17, 15) is 9.59 Å². The number of hydrogen-bond donors (Lipinski definition) is 0. The third kappa shape index (κ3) is 3.52. The summed E-state index contributed by atoms with van der Waals surface area (Å²) in [6, 6.07) is 18.0. The summed E-state index contributed by atoms with van der Waals surface area (Å²) in [5.41, 5.74) is 1.30. The Labute approximate surface area is 111 Å². The number of ether oxygens (including phenoxy) is 1. The molecular formula is C16H14O3. The third-order valence-corrected chi connectivity index (χ3v) is 2.74. The average molecular weight is 254 g/mol. The minimum absolute atomic E-state index is 0.155. The molecule has 0 aromatic heterocycles. The summed E-state index contributed by atoms with van der Waals surface area (Å²) in [5, 5.41) is 0. The Morgan fingerprint density at radius 2 is 1.58 bits per heavy atom. The molecule has 0 aliphatic rings. The summed E-state index contributed by atoms with van der Waals surface area (Å²) in [7, 11) is 0. The molecule has 0 amide bonds. The molecule has 1 unspecified atom stereocenters. The first kappa shape index (κ1) is 13.0. The fraction of sp³-hybridized carbons (Fsp3) is 0.125. The summed E-state index contributed by atoms with van der Waals surface area (Å²) in [4.78, 5) is 22.7. The highest BCUT2D eigenvalue weighted by atomic mass is 16.5. The minimum atomic E-state index is -0.536. The third-order valence-electron chi connectivity index (χ3n) is 2.74. The van der Waals surface area contributed by atoms with Crippen molar-refractivity contribution in [1.82, 2.24) is 0 Å². The van der Waals surface area contributed by atoms with Gasteiger partial charge in [0.25, 0.3) is 0 Å². The van der Waals surface area contributed by atoms with Crippen LogP contribution in [0.2, 0.25) is 0 Å². The van der Waals surface area contributed by atoms with Crippen molar-refractivity contribution in [2.24, 2.45) is 0 Å². The molecule has 0 aliphatic carbocycles. The molecule has 3 nitrogen and oxygen atoms in total. The van der Waals surface area contributed by atoms with Crippen molar-refractivity contribution in [2.45, 2.75) is 12.5 Å². The maximum Gasteiger partial charge on any atom is 0.338 e. The van der Waals surface area contributed by atoms with Gasteiger partial charge in [-0.1, -0.05) is 48.5 Å². The van der Waals surface area contributed by atoms with Crippen molar-refractivity contribution in [3.8, 4) is 0 Å². The molecule has 0 N–H and O–H groups in total. The Morgan fingerprint density at radius 3 is 2.16 bits per heavy atom. The summed E-state index contributed by atoms with van der Waals surface area (Å²) < 4.78 is 5.39. The molecule has 0 radical (unpaired) electrons. The van der Waals surface area contributed by atoms with Gasteiger partial charge in [0.2, 0.25) is 0 Å². The van der Waals surface area contributed by atoms with Crippen LogP contribution in [0.1, 0.15) is 28.4 Å². The molecule has 3 heteroatoms. The zero-order chi connectivity index (χ0) is 13.5. The van der Waals surface area contributed by atoms with E-state index in [2.05, 4.69) is 0 Å². The molecule has 0 heterocycles. The normalized spacial score (nSPS) is 11.6. The monoisotopic (exact) mass is 254 g/mol. The van der Waals surface area contributed by atoms with Crippen molar-refractivity contribution < 1.29 is 14.3 Å². The number of carbonyl (C=O) groups is 2. The van der Waals surface area contributed by atoms with Gasteiger partial charge in [-0.25, -0.2) is 4.79 Å². The van der Waals surface area contributed by atoms with Crippen molar-refractivity contribution in [2.75, 3.05) is 0 Å². The van der Waals surface area contributed by atoms with E-state index in [1.54, 1.807) is 24.3 Å². The average Bonchev–Trinajstić information content (AvgIpc) is 2.48. The topological polar surface area (TPSA) is 43.4 Å². The van der Waals surface area contributed by atoms with E-state index in [0.717, 1.165) is 11.8 Å². The maximum absolute atomic E-state index is 12.0. The number of aldehydes is 1. The second-order valence-corrected chi connectivity index (χ2v) is 4.07. The van der Waals surface area contributed by atoms with Crippen molar-refractivity contribution in [1.29, 1.82) is 0 Å². The fourth-order valence-electron chi connectivity index (χ4n) is 1.78. The molecule has 0 bridgehead atoms. The summed E-state index contributed by atoms with van der Waals surface area (Å²) in [5.74, 6) is -0.420. The van der Waals surface area contributed by atoms with Gasteiger partial charge in [0.05, 0.1) is 5.56 Å². The maximum atomic E-state index is 12.0. The molecular weight excluding hydrogens is 240 g/mol. The Balaban J connectivity index is 2.14. The number of hydrogen-bond acceptors (Lipinski definition) is 3. The Bertz CT molecular complexity index is 534. The van der Waals surface area contributed by atoms with Gasteiger partial charge < -0.3 is 9.53 Å². The van der Waals surface area contributed by atoms with Crippen LogP contribution in [0.15, 0.2) is 60.7 Å². The minimum Gasteiger partial charge on any atom is -0.453 e. The lowest BCUT2D eigenvalue weighted by molar-refractivity contribution is -0.109.